The SMILES string of the molecule is COc1ccc(C(CN)OC(C)c2ccccc2)cc1. The van der Waals surface area contributed by atoms with Gasteiger partial charge in [0.15, 0.2) is 0 Å². The predicted octanol–water partition coefficient (Wildman–Crippen LogP) is 3.47. The predicted molar refractivity (Wildman–Crippen MR) is 80.7 cm³/mol. The van der Waals surface area contributed by atoms with E-state index in [1.165, 1.54) is 0 Å². The number of methoxy groups -OCH3 is 1. The van der Waals surface area contributed by atoms with Crippen LogP contribution < -0.4 is 10.5 Å². The quantitative estimate of drug-likeness (QED) is 0.875. The van der Waals surface area contributed by atoms with Crippen molar-refractivity contribution in [2.75, 3.05) is 13.7 Å². The molecule has 0 aliphatic carbocycles. The van der Waals surface area contributed by atoms with Crippen LogP contribution >= 0.6 is 0 Å². The second-order valence-electron chi connectivity index (χ2n) is 4.69. The van der Waals surface area contributed by atoms with Gasteiger partial charge in [-0.1, -0.05) is 42.5 Å². The maximum absolute atomic E-state index is 6.08. The van der Waals surface area contributed by atoms with Gasteiger partial charge in [0.2, 0.25) is 0 Å². The first-order valence-corrected chi connectivity index (χ1v) is 6.79. The van der Waals surface area contributed by atoms with E-state index in [2.05, 4.69) is 12.1 Å². The largest absolute Gasteiger partial charge is 0.497 e. The fourth-order valence-electron chi connectivity index (χ4n) is 2.14. The van der Waals surface area contributed by atoms with Crippen molar-refractivity contribution >= 4 is 0 Å². The minimum atomic E-state index is -0.115. The molecule has 2 unspecified atom stereocenters. The van der Waals surface area contributed by atoms with Gasteiger partial charge >= 0.3 is 0 Å². The molecule has 3 heteroatoms. The van der Waals surface area contributed by atoms with Gasteiger partial charge in [-0.2, -0.15) is 0 Å². The second kappa shape index (κ2) is 7.08. The van der Waals surface area contributed by atoms with E-state index >= 15 is 0 Å². The lowest BCUT2D eigenvalue weighted by Gasteiger charge is -2.22. The number of benzene rings is 2. The Balaban J connectivity index is 2.08. The van der Waals surface area contributed by atoms with E-state index in [-0.39, 0.29) is 12.2 Å². The number of hydrogen-bond donors (Lipinski definition) is 1. The van der Waals surface area contributed by atoms with Gasteiger partial charge in [0.1, 0.15) is 5.75 Å². The van der Waals surface area contributed by atoms with E-state index in [9.17, 15) is 0 Å². The summed E-state index contributed by atoms with van der Waals surface area (Å²) in [5.74, 6) is 0.834. The van der Waals surface area contributed by atoms with Gasteiger partial charge in [0.25, 0.3) is 0 Å². The lowest BCUT2D eigenvalue weighted by atomic mass is 10.1. The Morgan fingerprint density at radius 1 is 0.950 bits per heavy atom. The molecule has 0 aliphatic heterocycles. The summed E-state index contributed by atoms with van der Waals surface area (Å²) in [5.41, 5.74) is 8.06. The number of ether oxygens (including phenoxy) is 2. The van der Waals surface area contributed by atoms with Crippen LogP contribution in [0.3, 0.4) is 0 Å². The zero-order valence-electron chi connectivity index (χ0n) is 12.0. The fourth-order valence-corrected chi connectivity index (χ4v) is 2.14. The van der Waals surface area contributed by atoms with E-state index in [1.807, 2.05) is 49.4 Å². The minimum absolute atomic E-state index is 0.00634. The zero-order chi connectivity index (χ0) is 14.4. The Hall–Kier alpha value is -1.84. The van der Waals surface area contributed by atoms with Gasteiger partial charge in [-0.05, 0) is 30.2 Å². The molecule has 0 amide bonds. The molecule has 2 atom stereocenters. The average Bonchev–Trinajstić information content (AvgIpc) is 2.53. The molecule has 0 spiro atoms. The lowest BCUT2D eigenvalue weighted by molar-refractivity contribution is 0.000213. The van der Waals surface area contributed by atoms with Crippen molar-refractivity contribution in [3.63, 3.8) is 0 Å². The first-order chi connectivity index (χ1) is 9.74. The summed E-state index contributed by atoms with van der Waals surface area (Å²) in [6, 6.07) is 18.0. The standard InChI is InChI=1S/C17H21NO2/c1-13(14-6-4-3-5-7-14)20-17(12-18)15-8-10-16(19-2)11-9-15/h3-11,13,17H,12,18H2,1-2H3. The van der Waals surface area contributed by atoms with Gasteiger partial charge in [-0.3, -0.25) is 0 Å². The number of rotatable bonds is 6. The summed E-state index contributed by atoms with van der Waals surface area (Å²) in [6.07, 6.45) is -0.108. The molecule has 0 aliphatic rings. The molecule has 0 heterocycles. The minimum Gasteiger partial charge on any atom is -0.497 e. The summed E-state index contributed by atoms with van der Waals surface area (Å²) in [4.78, 5) is 0. The van der Waals surface area contributed by atoms with Crippen LogP contribution in [-0.2, 0) is 4.74 Å². The van der Waals surface area contributed by atoms with Gasteiger partial charge in [-0.25, -0.2) is 0 Å². The molecule has 106 valence electrons. The van der Waals surface area contributed by atoms with E-state index in [1.54, 1.807) is 7.11 Å². The van der Waals surface area contributed by atoms with E-state index in [4.69, 9.17) is 15.2 Å². The Morgan fingerprint density at radius 3 is 2.15 bits per heavy atom. The summed E-state index contributed by atoms with van der Waals surface area (Å²) in [5, 5.41) is 0. The monoisotopic (exact) mass is 271 g/mol. The molecule has 2 rings (SSSR count). The van der Waals surface area contributed by atoms with Crippen LogP contribution in [0.25, 0.3) is 0 Å². The topological polar surface area (TPSA) is 44.5 Å². The van der Waals surface area contributed by atoms with Gasteiger partial charge in [0, 0.05) is 6.54 Å². The molecule has 0 fully saturated rings. The molecule has 20 heavy (non-hydrogen) atoms. The summed E-state index contributed by atoms with van der Waals surface area (Å²) in [6.45, 7) is 2.49. The van der Waals surface area contributed by atoms with Gasteiger partial charge < -0.3 is 15.2 Å². The molecule has 3 nitrogen and oxygen atoms in total. The first-order valence-electron chi connectivity index (χ1n) is 6.79. The van der Waals surface area contributed by atoms with Crippen molar-refractivity contribution in [2.24, 2.45) is 5.73 Å². The van der Waals surface area contributed by atoms with Gasteiger partial charge in [-0.15, -0.1) is 0 Å². The van der Waals surface area contributed by atoms with E-state index in [0.717, 1.165) is 16.9 Å². The van der Waals surface area contributed by atoms with Gasteiger partial charge in [0.05, 0.1) is 19.3 Å². The Bertz CT molecular complexity index is 510. The molecular weight excluding hydrogens is 250 g/mol. The van der Waals surface area contributed by atoms with Crippen LogP contribution in [0, 0.1) is 0 Å². The average molecular weight is 271 g/mol. The molecule has 0 aromatic heterocycles. The van der Waals surface area contributed by atoms with Crippen molar-refractivity contribution in [3.05, 3.63) is 65.7 Å². The van der Waals surface area contributed by atoms with Crippen LogP contribution in [-0.4, -0.2) is 13.7 Å². The fraction of sp³-hybridized carbons (Fsp3) is 0.294. The highest BCUT2D eigenvalue weighted by molar-refractivity contribution is 5.29. The third kappa shape index (κ3) is 3.59. The normalized spacial score (nSPS) is 13.8. The number of nitrogens with two attached hydrogens (primary N) is 1. The highest BCUT2D eigenvalue weighted by Crippen LogP contribution is 2.26. The van der Waals surface area contributed by atoms with Crippen molar-refractivity contribution in [3.8, 4) is 5.75 Å². The zero-order valence-corrected chi connectivity index (χ0v) is 12.0. The summed E-state index contributed by atoms with van der Waals surface area (Å²) in [7, 11) is 1.66. The van der Waals surface area contributed by atoms with Crippen LogP contribution in [0.5, 0.6) is 5.75 Å². The van der Waals surface area contributed by atoms with Crippen molar-refractivity contribution in [2.45, 2.75) is 19.1 Å². The van der Waals surface area contributed by atoms with E-state index < -0.39 is 0 Å². The third-order valence-corrected chi connectivity index (χ3v) is 3.34. The van der Waals surface area contributed by atoms with Crippen molar-refractivity contribution in [1.29, 1.82) is 0 Å². The van der Waals surface area contributed by atoms with Crippen LogP contribution in [0.1, 0.15) is 30.3 Å². The smallest absolute Gasteiger partial charge is 0.118 e. The molecular formula is C17H21NO2. The molecule has 0 bridgehead atoms. The lowest BCUT2D eigenvalue weighted by Crippen LogP contribution is -2.17. The highest BCUT2D eigenvalue weighted by Gasteiger charge is 2.15. The molecule has 0 radical (unpaired) electrons. The number of hydrogen-bond acceptors (Lipinski definition) is 3. The van der Waals surface area contributed by atoms with Crippen LogP contribution in [0.15, 0.2) is 54.6 Å². The summed E-state index contributed by atoms with van der Waals surface area (Å²) >= 11 is 0. The second-order valence-corrected chi connectivity index (χ2v) is 4.69. The first kappa shape index (κ1) is 14.6. The summed E-state index contributed by atoms with van der Waals surface area (Å²) < 4.78 is 11.2. The molecule has 2 aromatic rings. The van der Waals surface area contributed by atoms with Crippen LogP contribution in [0.2, 0.25) is 0 Å². The van der Waals surface area contributed by atoms with Crippen molar-refractivity contribution < 1.29 is 9.47 Å². The maximum Gasteiger partial charge on any atom is 0.118 e. The van der Waals surface area contributed by atoms with Crippen molar-refractivity contribution in [1.82, 2.24) is 0 Å². The Labute approximate surface area is 120 Å². The Kier molecular flexibility index (Phi) is 5.16. The van der Waals surface area contributed by atoms with Crippen LogP contribution in [0.4, 0.5) is 0 Å². The third-order valence-electron chi connectivity index (χ3n) is 3.34. The highest BCUT2D eigenvalue weighted by atomic mass is 16.5. The van der Waals surface area contributed by atoms with E-state index in [0.29, 0.717) is 6.54 Å². The maximum atomic E-state index is 6.08. The molecule has 0 saturated heterocycles. The Morgan fingerprint density at radius 2 is 1.60 bits per heavy atom. The molecule has 0 saturated carbocycles. The molecule has 2 aromatic carbocycles. The molecule has 2 N–H and O–H groups in total.